The van der Waals surface area contributed by atoms with Crippen LogP contribution >= 0.6 is 23.7 Å². The number of rotatable bonds is 11. The number of halogens is 1. The summed E-state index contributed by atoms with van der Waals surface area (Å²) >= 11 is 1.28. The summed E-state index contributed by atoms with van der Waals surface area (Å²) in [4.78, 5) is 22.3. The molecule has 0 bridgehead atoms. The molecule has 12 heteroatoms. The van der Waals surface area contributed by atoms with Crippen LogP contribution in [0.4, 0.5) is 5.13 Å². The second-order valence-electron chi connectivity index (χ2n) is 8.19. The maximum absolute atomic E-state index is 13.4. The van der Waals surface area contributed by atoms with Crippen LogP contribution in [0, 0.1) is 0 Å². The summed E-state index contributed by atoms with van der Waals surface area (Å²) in [6, 6.07) is 11.2. The summed E-state index contributed by atoms with van der Waals surface area (Å²) in [6.45, 7) is 8.51. The first-order valence-electron chi connectivity index (χ1n) is 11.4. The Labute approximate surface area is 223 Å². The van der Waals surface area contributed by atoms with E-state index < -0.39 is 19.7 Å². The number of carbonyl (C=O) groups is 1. The highest BCUT2D eigenvalue weighted by Gasteiger charge is 2.22. The van der Waals surface area contributed by atoms with Gasteiger partial charge in [0, 0.05) is 19.3 Å². The molecule has 1 heterocycles. The van der Waals surface area contributed by atoms with Crippen molar-refractivity contribution in [1.82, 2.24) is 9.88 Å². The number of amides is 1. The van der Waals surface area contributed by atoms with Gasteiger partial charge in [-0.1, -0.05) is 44.2 Å². The van der Waals surface area contributed by atoms with E-state index in [9.17, 15) is 21.6 Å². The van der Waals surface area contributed by atoms with E-state index in [1.54, 1.807) is 36.1 Å². The van der Waals surface area contributed by atoms with Gasteiger partial charge < -0.3 is 4.90 Å². The molecule has 1 aromatic heterocycles. The van der Waals surface area contributed by atoms with Crippen LogP contribution in [-0.4, -0.2) is 70.8 Å². The highest BCUT2D eigenvalue weighted by atomic mass is 35.5. The predicted octanol–water partition coefficient (Wildman–Crippen LogP) is 3.83. The van der Waals surface area contributed by atoms with E-state index in [2.05, 4.69) is 23.7 Å². The van der Waals surface area contributed by atoms with Crippen LogP contribution in [0.25, 0.3) is 10.2 Å². The van der Waals surface area contributed by atoms with Gasteiger partial charge in [-0.2, -0.15) is 0 Å². The summed E-state index contributed by atoms with van der Waals surface area (Å²) in [5.41, 5.74) is 1.34. The van der Waals surface area contributed by atoms with E-state index >= 15 is 0 Å². The molecule has 198 valence electrons. The Hall–Kier alpha value is -2.05. The molecule has 0 atom stereocenters. The smallest absolute Gasteiger partial charge is 0.233 e. The number of sulfone groups is 2. The van der Waals surface area contributed by atoms with E-state index in [1.807, 2.05) is 0 Å². The van der Waals surface area contributed by atoms with E-state index in [4.69, 9.17) is 0 Å². The molecule has 3 aromatic rings. The second kappa shape index (κ2) is 12.5. The van der Waals surface area contributed by atoms with Crippen LogP contribution < -0.4 is 4.90 Å². The van der Waals surface area contributed by atoms with Gasteiger partial charge in [0.15, 0.2) is 24.8 Å². The third-order valence-electron chi connectivity index (χ3n) is 5.86. The maximum Gasteiger partial charge on any atom is 0.233 e. The van der Waals surface area contributed by atoms with Crippen molar-refractivity contribution in [3.63, 3.8) is 0 Å². The monoisotopic (exact) mass is 573 g/mol. The molecule has 0 unspecified atom stereocenters. The molecule has 0 N–H and O–H groups in total. The number of nitrogens with zero attached hydrogens (tertiary/aromatic N) is 3. The normalized spacial score (nSPS) is 12.0. The second-order valence-corrected chi connectivity index (χ2v) is 13.5. The number of aromatic nitrogens is 1. The maximum atomic E-state index is 13.4. The number of hydrogen-bond donors (Lipinski definition) is 0. The van der Waals surface area contributed by atoms with Gasteiger partial charge in [-0.3, -0.25) is 9.69 Å². The van der Waals surface area contributed by atoms with Gasteiger partial charge in [0.25, 0.3) is 0 Å². The zero-order valence-corrected chi connectivity index (χ0v) is 24.1. The lowest BCUT2D eigenvalue weighted by Crippen LogP contribution is -2.39. The zero-order valence-electron chi connectivity index (χ0n) is 20.8. The zero-order chi connectivity index (χ0) is 25.8. The molecule has 2 aromatic carbocycles. The summed E-state index contributed by atoms with van der Waals surface area (Å²) < 4.78 is 48.8. The molecule has 0 saturated carbocycles. The van der Waals surface area contributed by atoms with Gasteiger partial charge in [0.05, 0.1) is 32.2 Å². The van der Waals surface area contributed by atoms with Gasteiger partial charge in [-0.05, 0) is 49.0 Å². The number of anilines is 1. The van der Waals surface area contributed by atoms with Crippen molar-refractivity contribution in [2.75, 3.05) is 43.1 Å². The van der Waals surface area contributed by atoms with Crippen molar-refractivity contribution < 1.29 is 21.6 Å². The lowest BCUT2D eigenvalue weighted by atomic mass is 10.1. The number of carbonyl (C=O) groups excluding carboxylic acids is 1. The van der Waals surface area contributed by atoms with E-state index in [1.165, 1.54) is 29.5 Å². The highest BCUT2D eigenvalue weighted by Crippen LogP contribution is 2.31. The SMILES string of the molecule is CCN(CC)CCN(C(=O)Cc1ccc(S(=O)(=O)CC)cc1)c1nc2ccc(S(C)(=O)=O)cc2s1.Cl. The molecule has 0 radical (unpaired) electrons. The van der Waals surface area contributed by atoms with Crippen molar-refractivity contribution in [2.45, 2.75) is 37.0 Å². The molecular formula is C24H32ClN3O5S3. The van der Waals surface area contributed by atoms with Crippen molar-refractivity contribution in [2.24, 2.45) is 0 Å². The number of fused-ring (bicyclic) bond motifs is 1. The fraction of sp³-hybridized carbons (Fsp3) is 0.417. The van der Waals surface area contributed by atoms with Crippen molar-refractivity contribution >= 4 is 64.7 Å². The van der Waals surface area contributed by atoms with E-state index in [0.717, 1.165) is 19.3 Å². The molecule has 8 nitrogen and oxygen atoms in total. The first-order chi connectivity index (χ1) is 16.5. The molecule has 36 heavy (non-hydrogen) atoms. The third kappa shape index (κ3) is 7.25. The average molecular weight is 574 g/mol. The van der Waals surface area contributed by atoms with Crippen molar-refractivity contribution in [3.8, 4) is 0 Å². The first-order valence-corrected chi connectivity index (χ1v) is 15.8. The molecule has 0 aliphatic carbocycles. The van der Waals surface area contributed by atoms with Crippen molar-refractivity contribution in [1.29, 1.82) is 0 Å². The third-order valence-corrected chi connectivity index (χ3v) is 9.76. The largest absolute Gasteiger partial charge is 0.302 e. The summed E-state index contributed by atoms with van der Waals surface area (Å²) in [6.07, 6.45) is 1.25. The van der Waals surface area contributed by atoms with E-state index in [-0.39, 0.29) is 40.3 Å². The number of likely N-dealkylation sites (N-methyl/N-ethyl adjacent to an activating group) is 1. The lowest BCUT2D eigenvalue weighted by Gasteiger charge is -2.24. The van der Waals surface area contributed by atoms with Crippen LogP contribution in [0.1, 0.15) is 26.3 Å². The Morgan fingerprint density at radius 3 is 2.08 bits per heavy atom. The van der Waals surface area contributed by atoms with Crippen LogP contribution in [-0.2, 0) is 30.9 Å². The van der Waals surface area contributed by atoms with Gasteiger partial charge in [-0.15, -0.1) is 12.4 Å². The Bertz CT molecular complexity index is 1400. The Balaban J connectivity index is 0.00000456. The number of benzene rings is 2. The molecule has 1 amide bonds. The topological polar surface area (TPSA) is 105 Å². The molecule has 0 aliphatic heterocycles. The summed E-state index contributed by atoms with van der Waals surface area (Å²) in [7, 11) is -6.67. The van der Waals surface area contributed by atoms with Crippen LogP contribution in [0.3, 0.4) is 0 Å². The quantitative estimate of drug-likeness (QED) is 0.343. The molecule has 3 rings (SSSR count). The minimum atomic E-state index is -3.36. The minimum Gasteiger partial charge on any atom is -0.302 e. The highest BCUT2D eigenvalue weighted by molar-refractivity contribution is 7.91. The molecular weight excluding hydrogens is 542 g/mol. The minimum absolute atomic E-state index is 0. The first kappa shape index (κ1) is 30.2. The Kier molecular flexibility index (Phi) is 10.4. The van der Waals surface area contributed by atoms with Crippen molar-refractivity contribution in [3.05, 3.63) is 48.0 Å². The van der Waals surface area contributed by atoms with Gasteiger partial charge in [0.1, 0.15) is 0 Å². The molecule has 0 saturated heterocycles. The van der Waals surface area contributed by atoms with Crippen LogP contribution in [0.15, 0.2) is 52.3 Å². The summed E-state index contributed by atoms with van der Waals surface area (Å²) in [5.74, 6) is -0.145. The number of hydrogen-bond acceptors (Lipinski definition) is 8. The average Bonchev–Trinajstić information content (AvgIpc) is 3.24. The fourth-order valence-electron chi connectivity index (χ4n) is 3.60. The Morgan fingerprint density at radius 1 is 0.917 bits per heavy atom. The molecule has 0 spiro atoms. The summed E-state index contributed by atoms with van der Waals surface area (Å²) in [5, 5.41) is 0.507. The Morgan fingerprint density at radius 2 is 1.53 bits per heavy atom. The lowest BCUT2D eigenvalue weighted by molar-refractivity contribution is -0.118. The van der Waals surface area contributed by atoms with Crippen LogP contribution in [0.2, 0.25) is 0 Å². The molecule has 0 aliphatic rings. The standard InChI is InChI=1S/C24H31N3O5S3.ClH/c1-5-26(6-2)14-15-27(23(28)16-18-8-10-19(11-9-18)35(31,32)7-3)24-25-21-13-12-20(34(4,29)30)17-22(21)33-24;/h8-13,17H,5-7,14-16H2,1-4H3;1H. The fourth-order valence-corrected chi connectivity index (χ4v) is 6.25. The van der Waals surface area contributed by atoms with Gasteiger partial charge in [-0.25, -0.2) is 21.8 Å². The van der Waals surface area contributed by atoms with E-state index in [0.29, 0.717) is 34.0 Å². The molecule has 0 fully saturated rings. The van der Waals surface area contributed by atoms with Gasteiger partial charge in [0.2, 0.25) is 5.91 Å². The number of thiazole rings is 1. The predicted molar refractivity (Wildman–Crippen MR) is 148 cm³/mol. The van der Waals surface area contributed by atoms with Crippen LogP contribution in [0.5, 0.6) is 0 Å². The van der Waals surface area contributed by atoms with Gasteiger partial charge >= 0.3 is 0 Å².